The van der Waals surface area contributed by atoms with Crippen molar-refractivity contribution in [3.8, 4) is 0 Å². The third-order valence-electron chi connectivity index (χ3n) is 1.93. The molecule has 0 saturated heterocycles. The molecule has 1 N–H and O–H groups in total. The normalized spacial score (nSPS) is 9.93. The number of anilines is 1. The topological polar surface area (TPSA) is 66.6 Å². The van der Waals surface area contributed by atoms with Crippen molar-refractivity contribution in [3.05, 3.63) is 33.9 Å². The molecule has 5 nitrogen and oxygen atoms in total. The van der Waals surface area contributed by atoms with Crippen molar-refractivity contribution in [2.45, 2.75) is 6.61 Å². The highest BCUT2D eigenvalue weighted by Crippen LogP contribution is 2.30. The second kappa shape index (κ2) is 4.06. The van der Waals surface area contributed by atoms with Gasteiger partial charge in [0.25, 0.3) is 5.69 Å². The van der Waals surface area contributed by atoms with Crippen LogP contribution in [0.2, 0.25) is 0 Å². The van der Waals surface area contributed by atoms with E-state index in [1.54, 1.807) is 37.2 Å². The first-order chi connectivity index (χ1) is 6.57. The lowest BCUT2D eigenvalue weighted by atomic mass is 10.1. The SMILES string of the molecule is CN(C)c1cccc(CO)c1[N+](=O)[O-]. The Labute approximate surface area is 81.7 Å². The van der Waals surface area contributed by atoms with E-state index in [4.69, 9.17) is 5.11 Å². The van der Waals surface area contributed by atoms with Crippen LogP contribution in [0.15, 0.2) is 18.2 Å². The third-order valence-corrected chi connectivity index (χ3v) is 1.93. The van der Waals surface area contributed by atoms with Gasteiger partial charge in [-0.05, 0) is 12.1 Å². The summed E-state index contributed by atoms with van der Waals surface area (Å²) in [4.78, 5) is 12.0. The van der Waals surface area contributed by atoms with Crippen LogP contribution in [-0.4, -0.2) is 24.1 Å². The van der Waals surface area contributed by atoms with Crippen LogP contribution in [-0.2, 0) is 6.61 Å². The number of hydrogen-bond acceptors (Lipinski definition) is 4. The average molecular weight is 196 g/mol. The summed E-state index contributed by atoms with van der Waals surface area (Å²) in [6.45, 7) is -0.321. The van der Waals surface area contributed by atoms with Gasteiger partial charge in [-0.25, -0.2) is 0 Å². The Bertz CT molecular complexity index is 350. The van der Waals surface area contributed by atoms with Crippen molar-refractivity contribution in [2.24, 2.45) is 0 Å². The van der Waals surface area contributed by atoms with Gasteiger partial charge in [-0.15, -0.1) is 0 Å². The fourth-order valence-electron chi connectivity index (χ4n) is 1.28. The molecular formula is C9H12N2O3. The lowest BCUT2D eigenvalue weighted by Gasteiger charge is -2.13. The van der Waals surface area contributed by atoms with Crippen molar-refractivity contribution in [1.82, 2.24) is 0 Å². The van der Waals surface area contributed by atoms with Gasteiger partial charge in [0.05, 0.1) is 17.1 Å². The Morgan fingerprint density at radius 3 is 2.57 bits per heavy atom. The highest BCUT2D eigenvalue weighted by Gasteiger charge is 2.19. The lowest BCUT2D eigenvalue weighted by Crippen LogP contribution is -2.12. The molecule has 14 heavy (non-hydrogen) atoms. The second-order valence-corrected chi connectivity index (χ2v) is 3.09. The van der Waals surface area contributed by atoms with Crippen LogP contribution in [0.25, 0.3) is 0 Å². The van der Waals surface area contributed by atoms with Gasteiger partial charge >= 0.3 is 0 Å². The van der Waals surface area contributed by atoms with Crippen LogP contribution in [0.1, 0.15) is 5.56 Å². The molecule has 0 spiro atoms. The molecule has 0 heterocycles. The highest BCUT2D eigenvalue weighted by molar-refractivity contribution is 5.66. The quantitative estimate of drug-likeness (QED) is 0.581. The molecule has 1 aromatic rings. The Kier molecular flexibility index (Phi) is 3.03. The molecule has 0 aliphatic carbocycles. The van der Waals surface area contributed by atoms with E-state index in [0.717, 1.165) is 0 Å². The van der Waals surface area contributed by atoms with Crippen molar-refractivity contribution in [1.29, 1.82) is 0 Å². The number of hydrogen-bond donors (Lipinski definition) is 1. The summed E-state index contributed by atoms with van der Waals surface area (Å²) in [6.07, 6.45) is 0. The molecule has 0 aliphatic heterocycles. The Hall–Kier alpha value is -1.62. The van der Waals surface area contributed by atoms with E-state index in [9.17, 15) is 10.1 Å². The monoisotopic (exact) mass is 196 g/mol. The third kappa shape index (κ3) is 1.82. The minimum Gasteiger partial charge on any atom is -0.391 e. The standard InChI is InChI=1S/C9H12N2O3/c1-10(2)8-5-3-4-7(6-12)9(8)11(13)14/h3-5,12H,6H2,1-2H3. The Balaban J connectivity index is 3.35. The smallest absolute Gasteiger partial charge is 0.297 e. The summed E-state index contributed by atoms with van der Waals surface area (Å²) in [7, 11) is 3.45. The van der Waals surface area contributed by atoms with Gasteiger partial charge in [0.15, 0.2) is 0 Å². The molecule has 0 aromatic heterocycles. The lowest BCUT2D eigenvalue weighted by molar-refractivity contribution is -0.385. The Morgan fingerprint density at radius 1 is 1.50 bits per heavy atom. The first kappa shape index (κ1) is 10.5. The first-order valence-electron chi connectivity index (χ1n) is 4.12. The fourth-order valence-corrected chi connectivity index (χ4v) is 1.28. The van der Waals surface area contributed by atoms with Gasteiger partial charge < -0.3 is 10.0 Å². The van der Waals surface area contributed by atoms with Crippen molar-refractivity contribution in [2.75, 3.05) is 19.0 Å². The molecule has 0 bridgehead atoms. The number of nitro benzene ring substituents is 1. The van der Waals surface area contributed by atoms with Gasteiger partial charge in [0.1, 0.15) is 5.69 Å². The summed E-state index contributed by atoms with van der Waals surface area (Å²) in [5, 5.41) is 19.7. The van der Waals surface area contributed by atoms with Crippen molar-refractivity contribution in [3.63, 3.8) is 0 Å². The maximum absolute atomic E-state index is 10.8. The Morgan fingerprint density at radius 2 is 2.14 bits per heavy atom. The zero-order valence-electron chi connectivity index (χ0n) is 8.10. The molecule has 0 radical (unpaired) electrons. The molecule has 76 valence electrons. The predicted molar refractivity (Wildman–Crippen MR) is 53.3 cm³/mol. The molecule has 1 aromatic carbocycles. The van der Waals surface area contributed by atoms with Gasteiger partial charge in [0.2, 0.25) is 0 Å². The molecule has 5 heteroatoms. The van der Waals surface area contributed by atoms with Crippen LogP contribution in [0, 0.1) is 10.1 Å². The molecule has 0 atom stereocenters. The maximum Gasteiger partial charge on any atom is 0.297 e. The minimum absolute atomic E-state index is 0.0278. The summed E-state index contributed by atoms with van der Waals surface area (Å²) in [5.74, 6) is 0. The van der Waals surface area contributed by atoms with E-state index in [1.807, 2.05) is 0 Å². The van der Waals surface area contributed by atoms with Gasteiger partial charge in [-0.2, -0.15) is 0 Å². The number of nitro groups is 1. The number of aliphatic hydroxyl groups is 1. The number of para-hydroxylation sites is 1. The summed E-state index contributed by atoms with van der Waals surface area (Å²) in [5.41, 5.74) is 0.808. The number of rotatable bonds is 3. The first-order valence-corrected chi connectivity index (χ1v) is 4.12. The van der Waals surface area contributed by atoms with E-state index >= 15 is 0 Å². The highest BCUT2D eigenvalue weighted by atomic mass is 16.6. The van der Waals surface area contributed by atoms with Crippen LogP contribution < -0.4 is 4.90 Å². The van der Waals surface area contributed by atoms with Crippen LogP contribution in [0.3, 0.4) is 0 Å². The van der Waals surface area contributed by atoms with E-state index in [2.05, 4.69) is 0 Å². The van der Waals surface area contributed by atoms with E-state index < -0.39 is 4.92 Å². The summed E-state index contributed by atoms with van der Waals surface area (Å²) < 4.78 is 0. The average Bonchev–Trinajstić information content (AvgIpc) is 2.16. The minimum atomic E-state index is -0.471. The van der Waals surface area contributed by atoms with E-state index in [-0.39, 0.29) is 12.3 Å². The van der Waals surface area contributed by atoms with Crippen LogP contribution in [0.4, 0.5) is 11.4 Å². The fraction of sp³-hybridized carbons (Fsp3) is 0.333. The predicted octanol–water partition coefficient (Wildman–Crippen LogP) is 1.15. The van der Waals surface area contributed by atoms with Crippen LogP contribution >= 0.6 is 0 Å². The summed E-state index contributed by atoms with van der Waals surface area (Å²) >= 11 is 0. The van der Waals surface area contributed by atoms with Gasteiger partial charge in [0, 0.05) is 14.1 Å². The van der Waals surface area contributed by atoms with Gasteiger partial charge in [-0.3, -0.25) is 10.1 Å². The molecule has 0 amide bonds. The molecular weight excluding hydrogens is 184 g/mol. The van der Waals surface area contributed by atoms with Crippen LogP contribution in [0.5, 0.6) is 0 Å². The molecule has 0 fully saturated rings. The van der Waals surface area contributed by atoms with E-state index in [0.29, 0.717) is 11.3 Å². The zero-order valence-corrected chi connectivity index (χ0v) is 8.10. The molecule has 0 saturated carbocycles. The zero-order chi connectivity index (χ0) is 10.7. The largest absolute Gasteiger partial charge is 0.391 e. The van der Waals surface area contributed by atoms with Crippen molar-refractivity contribution >= 4 is 11.4 Å². The number of aliphatic hydroxyl groups excluding tert-OH is 1. The van der Waals surface area contributed by atoms with Crippen molar-refractivity contribution < 1.29 is 10.0 Å². The van der Waals surface area contributed by atoms with Gasteiger partial charge in [-0.1, -0.05) is 6.07 Å². The summed E-state index contributed by atoms with van der Waals surface area (Å²) in [6, 6.07) is 4.89. The molecule has 0 unspecified atom stereocenters. The number of benzene rings is 1. The number of nitrogens with zero attached hydrogens (tertiary/aromatic N) is 2. The van der Waals surface area contributed by atoms with E-state index in [1.165, 1.54) is 0 Å². The maximum atomic E-state index is 10.8. The molecule has 1 rings (SSSR count). The molecule has 0 aliphatic rings. The second-order valence-electron chi connectivity index (χ2n) is 3.09.